The van der Waals surface area contributed by atoms with Crippen LogP contribution in [0.4, 0.5) is 0 Å². The molecule has 0 saturated carbocycles. The second-order valence-corrected chi connectivity index (χ2v) is 12.7. The first kappa shape index (κ1) is 30.3. The molecule has 0 bridgehead atoms. The van der Waals surface area contributed by atoms with Crippen molar-refractivity contribution in [3.8, 4) is 10.4 Å². The molecule has 2 saturated heterocycles. The molecule has 42 heavy (non-hydrogen) atoms. The number of nitrogens with zero attached hydrogens (tertiary/aromatic N) is 4. The minimum atomic E-state index is -0.768. The Morgan fingerprint density at radius 1 is 1.19 bits per heavy atom. The minimum absolute atomic E-state index is 0.0706. The molecule has 4 atom stereocenters. The smallest absolute Gasteiger partial charge is 0.243 e. The van der Waals surface area contributed by atoms with Gasteiger partial charge in [-0.05, 0) is 37.3 Å². The Morgan fingerprint density at radius 2 is 1.93 bits per heavy atom. The predicted octanol–water partition coefficient (Wildman–Crippen LogP) is 3.27. The van der Waals surface area contributed by atoms with Crippen LogP contribution in [0.1, 0.15) is 61.4 Å². The van der Waals surface area contributed by atoms with Crippen LogP contribution in [-0.2, 0) is 9.59 Å². The van der Waals surface area contributed by atoms with Crippen LogP contribution in [-0.4, -0.2) is 88.3 Å². The van der Waals surface area contributed by atoms with Crippen molar-refractivity contribution in [2.24, 2.45) is 5.92 Å². The van der Waals surface area contributed by atoms with Crippen molar-refractivity contribution in [2.75, 3.05) is 39.3 Å². The summed E-state index contributed by atoms with van der Waals surface area (Å²) in [5.74, 6) is -0.640. The van der Waals surface area contributed by atoms with Gasteiger partial charge in [-0.2, -0.15) is 0 Å². The summed E-state index contributed by atoms with van der Waals surface area (Å²) in [6, 6.07) is 9.08. The number of aliphatic hydroxyl groups excluding tert-OH is 1. The van der Waals surface area contributed by atoms with Gasteiger partial charge in [0.05, 0.1) is 33.9 Å². The Morgan fingerprint density at radius 3 is 2.55 bits per heavy atom. The van der Waals surface area contributed by atoms with Gasteiger partial charge < -0.3 is 30.1 Å². The molecule has 5 rings (SSSR count). The minimum Gasteiger partial charge on any atom is -0.391 e. The lowest BCUT2D eigenvalue weighted by Crippen LogP contribution is -2.49. The summed E-state index contributed by atoms with van der Waals surface area (Å²) < 4.78 is 5.47. The monoisotopic (exact) mass is 594 g/mol. The zero-order valence-corrected chi connectivity index (χ0v) is 25.7. The molecule has 2 aliphatic rings. The van der Waals surface area contributed by atoms with Crippen LogP contribution in [0.25, 0.3) is 10.4 Å². The van der Waals surface area contributed by atoms with Crippen LogP contribution in [0.2, 0.25) is 0 Å². The zero-order chi connectivity index (χ0) is 29.8. The number of aryl methyl sites for hydroxylation is 2. The Bertz CT molecular complexity index is 1350. The van der Waals surface area contributed by atoms with Gasteiger partial charge in [-0.3, -0.25) is 9.59 Å². The van der Waals surface area contributed by atoms with Gasteiger partial charge >= 0.3 is 0 Å². The molecule has 1 aromatic carbocycles. The highest BCUT2D eigenvalue weighted by molar-refractivity contribution is 7.13. The van der Waals surface area contributed by atoms with Crippen molar-refractivity contribution in [1.82, 2.24) is 30.6 Å². The van der Waals surface area contributed by atoms with Crippen molar-refractivity contribution in [3.63, 3.8) is 0 Å². The number of carbonyl (C=O) groups is 2. The van der Waals surface area contributed by atoms with Crippen LogP contribution in [0.15, 0.2) is 40.4 Å². The van der Waals surface area contributed by atoms with Gasteiger partial charge in [0.2, 0.25) is 11.8 Å². The molecule has 10 nitrogen and oxygen atoms in total. The summed E-state index contributed by atoms with van der Waals surface area (Å²) in [6.45, 7) is 12.5. The molecule has 0 radical (unpaired) electrons. The fourth-order valence-electron chi connectivity index (χ4n) is 6.03. The highest BCUT2D eigenvalue weighted by Crippen LogP contribution is 2.32. The molecule has 3 N–H and O–H groups in total. The number of aromatic nitrogens is 2. The maximum atomic E-state index is 13.9. The molecule has 2 aliphatic heterocycles. The fourth-order valence-corrected chi connectivity index (χ4v) is 6.84. The van der Waals surface area contributed by atoms with Crippen molar-refractivity contribution >= 4 is 23.2 Å². The van der Waals surface area contributed by atoms with Gasteiger partial charge in [-0.1, -0.05) is 43.3 Å². The van der Waals surface area contributed by atoms with Crippen LogP contribution < -0.4 is 10.6 Å². The topological polar surface area (TPSA) is 124 Å². The molecule has 2 amide bonds. The molecule has 0 unspecified atom stereocenters. The number of hydrogen-bond acceptors (Lipinski definition) is 9. The summed E-state index contributed by atoms with van der Waals surface area (Å²) in [5.41, 5.74) is 5.66. The van der Waals surface area contributed by atoms with E-state index in [1.54, 1.807) is 17.4 Å². The Hall–Kier alpha value is -3.12. The van der Waals surface area contributed by atoms with Crippen LogP contribution in [0, 0.1) is 19.8 Å². The average molecular weight is 595 g/mol. The second kappa shape index (κ2) is 13.5. The van der Waals surface area contributed by atoms with E-state index in [9.17, 15) is 14.7 Å². The number of likely N-dealkylation sites (tertiary alicyclic amines) is 1. The number of β-amino-alcohol motifs (C(OH)–C–C–N with tert-alkyl or cyclic N) is 1. The largest absolute Gasteiger partial charge is 0.391 e. The third-order valence-electron chi connectivity index (χ3n) is 8.33. The third-order valence-corrected chi connectivity index (χ3v) is 9.31. The lowest BCUT2D eigenvalue weighted by molar-refractivity contribution is -0.141. The Kier molecular flexibility index (Phi) is 9.72. The van der Waals surface area contributed by atoms with Crippen molar-refractivity contribution in [1.29, 1.82) is 0 Å². The first-order valence-corrected chi connectivity index (χ1v) is 15.7. The number of aliphatic hydroxyl groups is 1. The van der Waals surface area contributed by atoms with E-state index in [0.717, 1.165) is 60.8 Å². The third kappa shape index (κ3) is 6.91. The van der Waals surface area contributed by atoms with E-state index < -0.39 is 18.1 Å². The van der Waals surface area contributed by atoms with Gasteiger partial charge in [0.1, 0.15) is 17.7 Å². The van der Waals surface area contributed by atoms with E-state index in [1.807, 2.05) is 33.2 Å². The Labute approximate surface area is 251 Å². The molecule has 226 valence electrons. The lowest BCUT2D eigenvalue weighted by atomic mass is 9.91. The van der Waals surface area contributed by atoms with Crippen LogP contribution in [0.3, 0.4) is 0 Å². The number of rotatable bonds is 10. The quantitative estimate of drug-likeness (QED) is 0.327. The van der Waals surface area contributed by atoms with Crippen LogP contribution in [0.5, 0.6) is 0 Å². The number of amides is 2. The number of thiazole rings is 1. The number of hydrogen-bond donors (Lipinski definition) is 3. The highest BCUT2D eigenvalue weighted by Gasteiger charge is 2.43. The molecule has 11 heteroatoms. The zero-order valence-electron chi connectivity index (χ0n) is 24.9. The van der Waals surface area contributed by atoms with E-state index in [4.69, 9.17) is 4.52 Å². The molecule has 0 spiro atoms. The maximum Gasteiger partial charge on any atom is 0.243 e. The standard InChI is InChI=1S/C31H42N6O4S/c1-19(2)28(27-15-20(3)35-41-27)31(40)37-17-24(38)16-26(37)30(39)34-25(9-12-36-13-10-32-11-14-36)22-5-7-23(8-6-22)29-21(4)33-18-42-29/h5-8,15,18-19,24-26,28,32,38H,9-14,16-17H2,1-4H3,(H,34,39)/t24-,25+,26+,28-/m1/s1. The second-order valence-electron chi connectivity index (χ2n) is 11.8. The summed E-state index contributed by atoms with van der Waals surface area (Å²) in [6.07, 6.45) is 0.168. The molecular formula is C31H42N6O4S. The molecular weight excluding hydrogens is 552 g/mol. The Balaban J connectivity index is 1.35. The van der Waals surface area contributed by atoms with Crippen molar-refractivity contribution < 1.29 is 19.2 Å². The van der Waals surface area contributed by atoms with E-state index in [2.05, 4.69) is 49.9 Å². The average Bonchev–Trinajstić information content (AvgIpc) is 3.71. The molecule has 2 fully saturated rings. The fraction of sp³-hybridized carbons (Fsp3) is 0.548. The highest BCUT2D eigenvalue weighted by atomic mass is 32.1. The normalized spacial score (nSPS) is 21.0. The maximum absolute atomic E-state index is 13.9. The van der Waals surface area contributed by atoms with E-state index in [0.29, 0.717) is 11.5 Å². The summed E-state index contributed by atoms with van der Waals surface area (Å²) >= 11 is 1.62. The van der Waals surface area contributed by atoms with E-state index >= 15 is 0 Å². The summed E-state index contributed by atoms with van der Waals surface area (Å²) in [7, 11) is 0. The SMILES string of the molecule is Cc1cc([C@H](C(=O)N2C[C@H](O)C[C@H]2C(=O)N[C@@H](CCN2CCNCC2)c2ccc(-c3scnc3C)cc2)C(C)C)on1. The number of nitrogens with one attached hydrogen (secondary N) is 2. The molecule has 0 aliphatic carbocycles. The van der Waals surface area contributed by atoms with E-state index in [-0.39, 0.29) is 36.7 Å². The van der Waals surface area contributed by atoms with Crippen LogP contribution >= 0.6 is 11.3 Å². The first-order valence-electron chi connectivity index (χ1n) is 14.9. The van der Waals surface area contributed by atoms with Crippen molar-refractivity contribution in [2.45, 2.75) is 64.6 Å². The predicted molar refractivity (Wildman–Crippen MR) is 162 cm³/mol. The number of piperazine rings is 1. The molecule has 3 aromatic rings. The first-order chi connectivity index (χ1) is 20.2. The van der Waals surface area contributed by atoms with Gasteiger partial charge in [0, 0.05) is 51.8 Å². The van der Waals surface area contributed by atoms with Gasteiger partial charge in [-0.15, -0.1) is 11.3 Å². The van der Waals surface area contributed by atoms with Gasteiger partial charge in [0.15, 0.2) is 0 Å². The number of carbonyl (C=O) groups excluding carboxylic acids is 2. The summed E-state index contributed by atoms with van der Waals surface area (Å²) in [5, 5.41) is 21.2. The van der Waals surface area contributed by atoms with Gasteiger partial charge in [0.25, 0.3) is 0 Å². The van der Waals surface area contributed by atoms with Gasteiger partial charge in [-0.25, -0.2) is 4.98 Å². The number of benzene rings is 1. The van der Waals surface area contributed by atoms with E-state index in [1.165, 1.54) is 4.90 Å². The molecule has 2 aromatic heterocycles. The van der Waals surface area contributed by atoms with Crippen molar-refractivity contribution in [3.05, 3.63) is 58.6 Å². The lowest BCUT2D eigenvalue weighted by Gasteiger charge is -2.31. The summed E-state index contributed by atoms with van der Waals surface area (Å²) in [4.78, 5) is 37.2. The molecule has 4 heterocycles.